The molecule has 1 aromatic carbocycles. The second kappa shape index (κ2) is 19.6. The summed E-state index contributed by atoms with van der Waals surface area (Å²) in [5.74, 6) is 0.382. The molecule has 5 nitrogen and oxygen atoms in total. The van der Waals surface area contributed by atoms with Gasteiger partial charge in [-0.25, -0.2) is 4.79 Å². The van der Waals surface area contributed by atoms with Gasteiger partial charge in [-0.05, 0) is 64.0 Å². The van der Waals surface area contributed by atoms with Crippen LogP contribution in [0.1, 0.15) is 57.8 Å². The van der Waals surface area contributed by atoms with Crippen molar-refractivity contribution in [1.82, 2.24) is 5.32 Å². The number of amidine groups is 1. The van der Waals surface area contributed by atoms with E-state index in [4.69, 9.17) is 9.84 Å². The standard InChI is InChI=1S/C18H20N2O3.C7H12.C2H6/c1-2-19-17(20-15-7-5-3-4-6-8-15)13-23-16-11-9-14(10-12-16)18(21)22;1-3-5-7-6-4-2;1-2/h3-5,7-12H,2,6,13H2,1H3,(H,19,20)(H,21,22);3-6H,7H2,1-2H3;1-2H3/b;5-3-,6-4-;. The molecule has 2 rings (SSSR count). The highest BCUT2D eigenvalue weighted by molar-refractivity contribution is 5.88. The van der Waals surface area contributed by atoms with Gasteiger partial charge in [0.15, 0.2) is 0 Å². The Labute approximate surface area is 193 Å². The van der Waals surface area contributed by atoms with Crippen molar-refractivity contribution in [3.8, 4) is 5.75 Å². The third-order valence-electron chi connectivity index (χ3n) is 3.85. The minimum atomic E-state index is -0.952. The van der Waals surface area contributed by atoms with Crippen molar-refractivity contribution in [3.05, 3.63) is 90.2 Å². The maximum absolute atomic E-state index is 10.8. The summed E-state index contributed by atoms with van der Waals surface area (Å²) < 4.78 is 5.68. The first-order valence-corrected chi connectivity index (χ1v) is 11.1. The van der Waals surface area contributed by atoms with E-state index >= 15 is 0 Å². The van der Waals surface area contributed by atoms with Crippen LogP contribution in [0.5, 0.6) is 5.75 Å². The molecule has 0 bridgehead atoms. The van der Waals surface area contributed by atoms with Crippen molar-refractivity contribution in [1.29, 1.82) is 0 Å². The molecule has 174 valence electrons. The lowest BCUT2D eigenvalue weighted by atomic mass is 10.2. The van der Waals surface area contributed by atoms with Crippen LogP contribution in [0.4, 0.5) is 0 Å². The number of nitrogens with one attached hydrogen (secondary N) is 1. The van der Waals surface area contributed by atoms with Crippen molar-refractivity contribution in [2.24, 2.45) is 4.99 Å². The summed E-state index contributed by atoms with van der Waals surface area (Å²) in [7, 11) is 0. The van der Waals surface area contributed by atoms with Gasteiger partial charge in [0.25, 0.3) is 0 Å². The number of carbonyl (C=O) groups is 1. The molecular formula is C27H38N2O3. The minimum absolute atomic E-state index is 0.235. The molecule has 0 atom stereocenters. The van der Waals surface area contributed by atoms with Crippen LogP contribution in [0.3, 0.4) is 0 Å². The van der Waals surface area contributed by atoms with Crippen molar-refractivity contribution >= 4 is 11.8 Å². The van der Waals surface area contributed by atoms with Crippen LogP contribution >= 0.6 is 0 Å². The maximum Gasteiger partial charge on any atom is 0.335 e. The molecule has 2 N–H and O–H groups in total. The molecule has 1 aliphatic rings. The van der Waals surface area contributed by atoms with E-state index in [0.717, 1.165) is 24.4 Å². The van der Waals surface area contributed by atoms with E-state index in [1.54, 1.807) is 12.1 Å². The Morgan fingerprint density at radius 2 is 1.78 bits per heavy atom. The van der Waals surface area contributed by atoms with E-state index < -0.39 is 5.97 Å². The van der Waals surface area contributed by atoms with Crippen LogP contribution in [0.25, 0.3) is 0 Å². The number of carboxylic acids is 1. The molecule has 1 aliphatic carbocycles. The van der Waals surface area contributed by atoms with Crippen LogP contribution < -0.4 is 10.1 Å². The summed E-state index contributed by atoms with van der Waals surface area (Å²) in [6.45, 7) is 11.0. The Kier molecular flexibility index (Phi) is 17.6. The molecule has 0 aromatic heterocycles. The van der Waals surface area contributed by atoms with Gasteiger partial charge in [-0.1, -0.05) is 62.5 Å². The van der Waals surface area contributed by atoms with Gasteiger partial charge in [0.1, 0.15) is 18.2 Å². The first-order chi connectivity index (χ1) is 15.6. The predicted molar refractivity (Wildman–Crippen MR) is 137 cm³/mol. The smallest absolute Gasteiger partial charge is 0.335 e. The summed E-state index contributed by atoms with van der Waals surface area (Å²) in [6, 6.07) is 6.32. The minimum Gasteiger partial charge on any atom is -0.486 e. The zero-order valence-corrected chi connectivity index (χ0v) is 20.0. The average molecular weight is 439 g/mol. The van der Waals surface area contributed by atoms with Gasteiger partial charge >= 0.3 is 5.97 Å². The molecule has 0 radical (unpaired) electrons. The number of ether oxygens (including phenoxy) is 1. The van der Waals surface area contributed by atoms with Crippen LogP contribution in [0.2, 0.25) is 0 Å². The monoisotopic (exact) mass is 438 g/mol. The van der Waals surface area contributed by atoms with E-state index in [-0.39, 0.29) is 5.56 Å². The van der Waals surface area contributed by atoms with Crippen LogP contribution in [0.15, 0.2) is 89.6 Å². The van der Waals surface area contributed by atoms with E-state index in [2.05, 4.69) is 46.8 Å². The normalized spacial score (nSPS) is 12.9. The number of hydrogen-bond donors (Lipinski definition) is 2. The van der Waals surface area contributed by atoms with E-state index in [1.807, 2.05) is 52.8 Å². The van der Waals surface area contributed by atoms with Crippen molar-refractivity contribution in [2.75, 3.05) is 13.2 Å². The molecule has 5 heteroatoms. The second-order valence-corrected chi connectivity index (χ2v) is 6.22. The molecule has 0 fully saturated rings. The van der Waals surface area contributed by atoms with Gasteiger partial charge < -0.3 is 15.2 Å². The summed E-state index contributed by atoms with van der Waals surface area (Å²) in [5, 5.41) is 12.1. The zero-order valence-electron chi connectivity index (χ0n) is 20.0. The molecule has 0 aliphatic heterocycles. The number of benzene rings is 1. The van der Waals surface area contributed by atoms with E-state index in [9.17, 15) is 4.79 Å². The summed E-state index contributed by atoms with van der Waals surface area (Å²) >= 11 is 0. The lowest BCUT2D eigenvalue weighted by molar-refractivity contribution is 0.0697. The van der Waals surface area contributed by atoms with Crippen LogP contribution in [-0.2, 0) is 0 Å². The molecule has 0 saturated carbocycles. The number of aromatic carboxylic acids is 1. The number of hydrogen-bond acceptors (Lipinski definition) is 3. The average Bonchev–Trinajstić information content (AvgIpc) is 3.09. The molecule has 32 heavy (non-hydrogen) atoms. The fraction of sp³-hybridized carbons (Fsp3) is 0.333. The summed E-state index contributed by atoms with van der Waals surface area (Å²) in [4.78, 5) is 15.2. The fourth-order valence-electron chi connectivity index (χ4n) is 2.35. The van der Waals surface area contributed by atoms with Gasteiger partial charge in [-0.3, -0.25) is 4.99 Å². The Morgan fingerprint density at radius 3 is 2.34 bits per heavy atom. The number of nitrogens with zero attached hydrogens (tertiary/aromatic N) is 1. The first-order valence-electron chi connectivity index (χ1n) is 11.1. The Hall–Kier alpha value is -3.34. The highest BCUT2D eigenvalue weighted by atomic mass is 16.5. The highest BCUT2D eigenvalue weighted by Crippen LogP contribution is 2.12. The van der Waals surface area contributed by atoms with Gasteiger partial charge in [0.2, 0.25) is 0 Å². The van der Waals surface area contributed by atoms with Crippen LogP contribution in [-0.4, -0.2) is 30.1 Å². The van der Waals surface area contributed by atoms with Crippen LogP contribution in [0, 0.1) is 0 Å². The Morgan fingerprint density at radius 1 is 1.12 bits per heavy atom. The van der Waals surface area contributed by atoms with Gasteiger partial charge in [-0.2, -0.15) is 0 Å². The molecule has 0 unspecified atom stereocenters. The van der Waals surface area contributed by atoms with E-state index in [1.165, 1.54) is 12.1 Å². The number of allylic oxidation sites excluding steroid dienone is 9. The van der Waals surface area contributed by atoms with E-state index in [0.29, 0.717) is 18.9 Å². The predicted octanol–water partition coefficient (Wildman–Crippen LogP) is 6.73. The number of rotatable bonds is 8. The lowest BCUT2D eigenvalue weighted by Gasteiger charge is -2.12. The Bertz CT molecular complexity index is 804. The Balaban J connectivity index is 0.000000911. The van der Waals surface area contributed by atoms with Crippen molar-refractivity contribution < 1.29 is 14.6 Å². The fourth-order valence-corrected chi connectivity index (χ4v) is 2.35. The highest BCUT2D eigenvalue weighted by Gasteiger charge is 2.05. The van der Waals surface area contributed by atoms with Gasteiger partial charge in [-0.15, -0.1) is 0 Å². The van der Waals surface area contributed by atoms with Crippen molar-refractivity contribution in [2.45, 2.75) is 47.5 Å². The number of aliphatic imine (C=N–C) groups is 1. The lowest BCUT2D eigenvalue weighted by Crippen LogP contribution is -2.28. The van der Waals surface area contributed by atoms with Gasteiger partial charge in [0, 0.05) is 12.2 Å². The summed E-state index contributed by atoms with van der Waals surface area (Å²) in [5.41, 5.74) is 1.21. The zero-order chi connectivity index (χ0) is 24.0. The third-order valence-corrected chi connectivity index (χ3v) is 3.85. The van der Waals surface area contributed by atoms with Gasteiger partial charge in [0.05, 0.1) is 5.56 Å². The molecular weight excluding hydrogens is 400 g/mol. The topological polar surface area (TPSA) is 70.9 Å². The largest absolute Gasteiger partial charge is 0.486 e. The molecule has 0 heterocycles. The SMILES string of the molecule is C/C=C\C/C=C\C.CC.CCN=C(COc1ccc(C(=O)O)cc1)NC1=CCC=CC=C1. The maximum atomic E-state index is 10.8. The first kappa shape index (κ1) is 28.7. The molecule has 0 amide bonds. The quantitative estimate of drug-likeness (QED) is 0.268. The molecule has 1 aromatic rings. The third kappa shape index (κ3) is 13.8. The second-order valence-electron chi connectivity index (χ2n) is 6.22. The van der Waals surface area contributed by atoms with Crippen molar-refractivity contribution in [3.63, 3.8) is 0 Å². The summed E-state index contributed by atoms with van der Waals surface area (Å²) in [6.07, 6.45) is 20.4. The number of carboxylic acid groups (broad SMARTS) is 1. The molecule has 0 spiro atoms. The molecule has 0 saturated heterocycles.